The number of ether oxygens (including phenoxy) is 2. The molecule has 2 rings (SSSR count). The molecule has 148 valence electrons. The van der Waals surface area contributed by atoms with Gasteiger partial charge in [-0.1, -0.05) is 11.6 Å². The van der Waals surface area contributed by atoms with Crippen LogP contribution in [0.3, 0.4) is 0 Å². The summed E-state index contributed by atoms with van der Waals surface area (Å²) in [4.78, 5) is -0.148. The van der Waals surface area contributed by atoms with Crippen LogP contribution in [0.1, 0.15) is 12.5 Å². The highest BCUT2D eigenvalue weighted by atomic mass is 35.5. The van der Waals surface area contributed by atoms with Gasteiger partial charge in [0, 0.05) is 12.6 Å². The second kappa shape index (κ2) is 7.85. The molecule has 2 aromatic carbocycles. The summed E-state index contributed by atoms with van der Waals surface area (Å²) in [7, 11) is -1.40. The van der Waals surface area contributed by atoms with Crippen molar-refractivity contribution >= 4 is 27.3 Å². The summed E-state index contributed by atoms with van der Waals surface area (Å²) in [5.74, 6) is 0.507. The maximum atomic E-state index is 13.1. The molecule has 0 unspecified atom stereocenters. The number of sulfonamides is 1. The largest absolute Gasteiger partial charge is 0.493 e. The molecule has 0 aliphatic carbocycles. The van der Waals surface area contributed by atoms with E-state index < -0.39 is 26.8 Å². The molecular formula is C17H17ClF3NO4S. The van der Waals surface area contributed by atoms with Gasteiger partial charge in [0.25, 0.3) is 10.0 Å². The van der Waals surface area contributed by atoms with E-state index in [9.17, 15) is 21.6 Å². The molecule has 0 bridgehead atoms. The lowest BCUT2D eigenvalue weighted by Gasteiger charge is -2.24. The molecule has 0 amide bonds. The van der Waals surface area contributed by atoms with E-state index in [1.807, 2.05) is 0 Å². The summed E-state index contributed by atoms with van der Waals surface area (Å²) < 4.78 is 76.4. The highest BCUT2D eigenvalue weighted by Crippen LogP contribution is 2.38. The number of hydrogen-bond acceptors (Lipinski definition) is 4. The fourth-order valence-electron chi connectivity index (χ4n) is 2.48. The van der Waals surface area contributed by atoms with Crippen LogP contribution in [-0.2, 0) is 16.2 Å². The lowest BCUT2D eigenvalue weighted by Crippen LogP contribution is -2.31. The Kier molecular flexibility index (Phi) is 6.16. The molecule has 0 saturated heterocycles. The van der Waals surface area contributed by atoms with Crippen molar-refractivity contribution in [1.29, 1.82) is 0 Å². The van der Waals surface area contributed by atoms with Crippen molar-refractivity contribution in [3.05, 3.63) is 47.0 Å². The van der Waals surface area contributed by atoms with E-state index in [4.69, 9.17) is 21.1 Å². The maximum absolute atomic E-state index is 13.1. The molecule has 2 aromatic rings. The van der Waals surface area contributed by atoms with Gasteiger partial charge >= 0.3 is 6.18 Å². The van der Waals surface area contributed by atoms with Gasteiger partial charge in [0.2, 0.25) is 0 Å². The van der Waals surface area contributed by atoms with Crippen molar-refractivity contribution in [2.24, 2.45) is 0 Å². The van der Waals surface area contributed by atoms with E-state index in [-0.39, 0.29) is 22.9 Å². The summed E-state index contributed by atoms with van der Waals surface area (Å²) in [5.41, 5.74) is -1.26. The summed E-state index contributed by atoms with van der Waals surface area (Å²) in [6.45, 7) is 1.43. The van der Waals surface area contributed by atoms with Crippen LogP contribution in [0.2, 0.25) is 5.02 Å². The van der Waals surface area contributed by atoms with Crippen LogP contribution in [0.25, 0.3) is 0 Å². The van der Waals surface area contributed by atoms with E-state index in [0.717, 1.165) is 10.4 Å². The zero-order valence-electron chi connectivity index (χ0n) is 14.7. The Morgan fingerprint density at radius 3 is 2.19 bits per heavy atom. The zero-order chi connectivity index (χ0) is 20.4. The fraction of sp³-hybridized carbons (Fsp3) is 0.294. The van der Waals surface area contributed by atoms with E-state index in [2.05, 4.69) is 0 Å². The first-order valence-corrected chi connectivity index (χ1v) is 9.49. The van der Waals surface area contributed by atoms with Crippen molar-refractivity contribution in [2.75, 3.05) is 25.1 Å². The zero-order valence-corrected chi connectivity index (χ0v) is 16.2. The third-order valence-corrected chi connectivity index (χ3v) is 6.00. The molecule has 0 radical (unpaired) electrons. The molecule has 5 nitrogen and oxygen atoms in total. The van der Waals surface area contributed by atoms with Crippen molar-refractivity contribution in [2.45, 2.75) is 18.0 Å². The molecule has 0 aromatic heterocycles. The van der Waals surface area contributed by atoms with Crippen molar-refractivity contribution < 1.29 is 31.1 Å². The van der Waals surface area contributed by atoms with E-state index in [1.54, 1.807) is 0 Å². The fourth-order valence-corrected chi connectivity index (χ4v) is 4.19. The van der Waals surface area contributed by atoms with E-state index >= 15 is 0 Å². The second-order valence-corrected chi connectivity index (χ2v) is 7.62. The molecular weight excluding hydrogens is 407 g/mol. The molecule has 0 heterocycles. The first-order valence-electron chi connectivity index (χ1n) is 7.67. The minimum Gasteiger partial charge on any atom is -0.493 e. The minimum absolute atomic E-state index is 0.0877. The van der Waals surface area contributed by atoms with Gasteiger partial charge in [0.15, 0.2) is 11.5 Å². The van der Waals surface area contributed by atoms with Crippen molar-refractivity contribution in [3.63, 3.8) is 0 Å². The smallest absolute Gasteiger partial charge is 0.417 e. The Balaban J connectivity index is 2.57. The van der Waals surface area contributed by atoms with E-state index in [0.29, 0.717) is 11.8 Å². The predicted octanol–water partition coefficient (Wildman–Crippen LogP) is 4.59. The van der Waals surface area contributed by atoms with Crippen LogP contribution in [0.15, 0.2) is 41.3 Å². The molecule has 0 aliphatic rings. The Labute approximate surface area is 160 Å². The van der Waals surface area contributed by atoms with Crippen LogP contribution in [0.4, 0.5) is 18.9 Å². The average Bonchev–Trinajstić information content (AvgIpc) is 2.61. The van der Waals surface area contributed by atoms with Gasteiger partial charge in [0.05, 0.1) is 35.4 Å². The number of alkyl halides is 3. The van der Waals surface area contributed by atoms with Gasteiger partial charge in [-0.05, 0) is 37.3 Å². The van der Waals surface area contributed by atoms with E-state index in [1.165, 1.54) is 45.4 Å². The Bertz CT molecular complexity index is 932. The topological polar surface area (TPSA) is 55.8 Å². The molecule has 27 heavy (non-hydrogen) atoms. The number of benzene rings is 2. The van der Waals surface area contributed by atoms with Gasteiger partial charge in [-0.15, -0.1) is 0 Å². The summed E-state index contributed by atoms with van der Waals surface area (Å²) in [6.07, 6.45) is -4.71. The third-order valence-electron chi connectivity index (χ3n) is 3.77. The van der Waals surface area contributed by atoms with Gasteiger partial charge < -0.3 is 9.47 Å². The van der Waals surface area contributed by atoms with Crippen molar-refractivity contribution in [3.8, 4) is 11.5 Å². The SMILES string of the molecule is CCN(c1ccc(Cl)c(C(F)(F)F)c1)S(=O)(=O)c1ccc(OC)c(OC)c1. The lowest BCUT2D eigenvalue weighted by molar-refractivity contribution is -0.137. The number of hydrogen-bond donors (Lipinski definition) is 0. The molecule has 0 spiro atoms. The standard InChI is InChI=1S/C17H17ClF3NO4S/c1-4-22(11-5-7-14(18)13(9-11)17(19,20)21)27(23,24)12-6-8-15(25-2)16(10-12)26-3/h5-10H,4H2,1-3H3. The monoisotopic (exact) mass is 423 g/mol. The number of anilines is 1. The van der Waals surface area contributed by atoms with Gasteiger partial charge in [0.1, 0.15) is 0 Å². The normalized spacial score (nSPS) is 12.0. The number of methoxy groups -OCH3 is 2. The Morgan fingerprint density at radius 2 is 1.67 bits per heavy atom. The summed E-state index contributed by atoms with van der Waals surface area (Å²) >= 11 is 5.61. The predicted molar refractivity (Wildman–Crippen MR) is 96.2 cm³/mol. The van der Waals surface area contributed by atoms with Gasteiger partial charge in [-0.25, -0.2) is 8.42 Å². The summed E-state index contributed by atoms with van der Waals surface area (Å²) in [6, 6.07) is 6.90. The van der Waals surface area contributed by atoms with Crippen LogP contribution in [-0.4, -0.2) is 29.2 Å². The van der Waals surface area contributed by atoms with Crippen LogP contribution >= 0.6 is 11.6 Å². The number of halogens is 4. The molecule has 10 heteroatoms. The molecule has 0 atom stereocenters. The quantitative estimate of drug-likeness (QED) is 0.681. The second-order valence-electron chi connectivity index (χ2n) is 5.35. The van der Waals surface area contributed by atoms with Gasteiger partial charge in [-0.2, -0.15) is 13.2 Å². The highest BCUT2D eigenvalue weighted by molar-refractivity contribution is 7.92. The molecule has 0 saturated carbocycles. The Morgan fingerprint density at radius 1 is 1.04 bits per heavy atom. The maximum Gasteiger partial charge on any atom is 0.417 e. The first kappa shape index (κ1) is 21.2. The van der Waals surface area contributed by atoms with Crippen LogP contribution in [0.5, 0.6) is 11.5 Å². The average molecular weight is 424 g/mol. The summed E-state index contributed by atoms with van der Waals surface area (Å²) in [5, 5.41) is -0.509. The molecule has 0 N–H and O–H groups in total. The number of rotatable bonds is 6. The Hall–Kier alpha value is -2.13. The molecule has 0 fully saturated rings. The number of nitrogens with zero attached hydrogens (tertiary/aromatic N) is 1. The third kappa shape index (κ3) is 4.24. The first-order chi connectivity index (χ1) is 12.6. The molecule has 0 aliphatic heterocycles. The minimum atomic E-state index is -4.71. The lowest BCUT2D eigenvalue weighted by atomic mass is 10.2. The van der Waals surface area contributed by atoms with Crippen LogP contribution < -0.4 is 13.8 Å². The highest BCUT2D eigenvalue weighted by Gasteiger charge is 2.35. The van der Waals surface area contributed by atoms with Crippen LogP contribution in [0, 0.1) is 0 Å². The van der Waals surface area contributed by atoms with Gasteiger partial charge in [-0.3, -0.25) is 4.31 Å². The van der Waals surface area contributed by atoms with Crippen molar-refractivity contribution in [1.82, 2.24) is 0 Å².